The second-order valence-corrected chi connectivity index (χ2v) is 17.9. The maximum atomic E-state index is 15.1. The number of nitrogens with one attached hydrogen (secondary N) is 3. The van der Waals surface area contributed by atoms with Gasteiger partial charge in [0.2, 0.25) is 12.1 Å². The molecular weight excluding hydrogens is 897 g/mol. The Morgan fingerprint density at radius 3 is 2.48 bits per heavy atom. The Morgan fingerprint density at radius 2 is 1.83 bits per heavy atom. The molecule has 8 rings (SSSR count). The molecule has 2 aliphatic carbocycles. The second kappa shape index (κ2) is 19.8. The molecule has 1 unspecified atom stereocenters. The van der Waals surface area contributed by atoms with Crippen LogP contribution in [0.25, 0.3) is 0 Å². The number of dihydropyridines is 2. The number of fused-ring (bicyclic) bond motifs is 4. The van der Waals surface area contributed by atoms with Gasteiger partial charge in [-0.05, 0) is 84.4 Å². The van der Waals surface area contributed by atoms with Crippen molar-refractivity contribution in [2.45, 2.75) is 75.0 Å². The van der Waals surface area contributed by atoms with Crippen molar-refractivity contribution >= 4 is 29.3 Å². The van der Waals surface area contributed by atoms with Gasteiger partial charge in [-0.15, -0.1) is 0 Å². The maximum absolute atomic E-state index is 15.1. The van der Waals surface area contributed by atoms with E-state index in [1.54, 1.807) is 12.2 Å². The second-order valence-electron chi connectivity index (χ2n) is 17.9. The minimum absolute atomic E-state index is 0.0188. The Labute approximate surface area is 396 Å². The van der Waals surface area contributed by atoms with Crippen molar-refractivity contribution in [3.8, 4) is 17.2 Å². The molecule has 2 aromatic carbocycles. The van der Waals surface area contributed by atoms with Crippen LogP contribution >= 0.6 is 0 Å². The SMILES string of the molecule is CN=C(N)NCc1c(O)c2c(c3c1C[C@H](C1=CNC(N)C=C1)[C@H](CCO)CC3)C(=O)c1cc(OC)cc(O[C@@H]3O[C@H](CO)[C@](O)(C[C@H](CN4C(=O)C=CC4=O)C4=CCNC(N)=C4)[C@H](O)[C@H]3O)c1C2=O. The highest BCUT2D eigenvalue weighted by atomic mass is 16.7. The van der Waals surface area contributed by atoms with Crippen LogP contribution in [0.5, 0.6) is 17.2 Å². The van der Waals surface area contributed by atoms with E-state index >= 15 is 9.59 Å². The summed E-state index contributed by atoms with van der Waals surface area (Å²) in [5, 5.41) is 78.1. The number of allylic oxidation sites excluding steroid dienone is 3. The van der Waals surface area contributed by atoms with Crippen LogP contribution in [0.4, 0.5) is 0 Å². The highest BCUT2D eigenvalue weighted by Crippen LogP contribution is 2.48. The molecule has 9 atom stereocenters. The lowest BCUT2D eigenvalue weighted by Crippen LogP contribution is -2.68. The van der Waals surface area contributed by atoms with Gasteiger partial charge >= 0.3 is 0 Å². The van der Waals surface area contributed by atoms with Crippen LogP contribution in [-0.4, -0.2) is 142 Å². The fraction of sp³-hybridized carbons (Fsp3) is 0.438. The quantitative estimate of drug-likeness (QED) is 0.0377. The van der Waals surface area contributed by atoms with Gasteiger partial charge in [-0.2, -0.15) is 0 Å². The van der Waals surface area contributed by atoms with Crippen LogP contribution in [-0.2, 0) is 33.7 Å². The molecule has 2 aromatic rings. The van der Waals surface area contributed by atoms with Crippen molar-refractivity contribution in [2.75, 3.05) is 40.5 Å². The van der Waals surface area contributed by atoms with Crippen LogP contribution in [0.15, 0.2) is 76.7 Å². The number of carbonyl (C=O) groups excluding carboxylic acids is 4. The fourth-order valence-corrected chi connectivity index (χ4v) is 10.4. The molecule has 21 heteroatoms. The number of ether oxygens (including phenoxy) is 3. The lowest BCUT2D eigenvalue weighted by Gasteiger charge is -2.49. The number of carbonyl (C=O) groups is 4. The van der Waals surface area contributed by atoms with Crippen molar-refractivity contribution in [1.29, 1.82) is 0 Å². The van der Waals surface area contributed by atoms with Crippen LogP contribution < -0.4 is 42.6 Å². The maximum Gasteiger partial charge on any atom is 0.253 e. The number of nitrogens with two attached hydrogens (primary N) is 3. The average molecular weight is 955 g/mol. The molecule has 0 aromatic heterocycles. The molecule has 21 nitrogen and oxygen atoms in total. The number of aromatic hydroxyl groups is 1. The summed E-state index contributed by atoms with van der Waals surface area (Å²) in [7, 11) is 2.80. The molecular formula is C48H58N8O13. The zero-order valence-electron chi connectivity index (χ0n) is 38.1. The van der Waals surface area contributed by atoms with Crippen molar-refractivity contribution in [3.63, 3.8) is 0 Å². The van der Waals surface area contributed by atoms with Crippen molar-refractivity contribution in [3.05, 3.63) is 111 Å². The lowest BCUT2D eigenvalue weighted by molar-refractivity contribution is -0.316. The standard InChI is InChI=1S/C48H58N8O13/c1-52-47(51)55-19-31-29-16-28(24-4-6-34(49)54-18-24)22(10-12-57)3-5-27(29)39-40(42(31)62)43(63)38-30(41(39)61)14-26(67-2)15-32(38)68-46-44(64)45(65)48(66,33(21-58)69-46)17-25(23-9-11-53-35(50)13-23)20-56-36(59)7-8-37(56)60/h4,6-9,13-15,18,22,25,28,33-34,44-46,53-54,57-58,62,64-66H,3,5,10-12,16-17,19-21,49-50H2,1-2H3,(H3,51,52,55)/t22-,25+,28-,33+,34?,44+,45+,46+,48+/m0/s1. The lowest BCUT2D eigenvalue weighted by atomic mass is 9.75. The molecule has 0 radical (unpaired) electrons. The van der Waals surface area contributed by atoms with E-state index in [1.807, 2.05) is 18.4 Å². The molecule has 15 N–H and O–H groups in total. The first-order valence-corrected chi connectivity index (χ1v) is 22.7. The van der Waals surface area contributed by atoms with Crippen LogP contribution in [0.1, 0.15) is 67.8 Å². The predicted molar refractivity (Wildman–Crippen MR) is 247 cm³/mol. The Hall–Kier alpha value is -6.59. The minimum atomic E-state index is -2.45. The number of rotatable bonds is 14. The number of methoxy groups -OCH3 is 1. The first kappa shape index (κ1) is 48.9. The van der Waals surface area contributed by atoms with E-state index in [4.69, 9.17) is 31.4 Å². The Morgan fingerprint density at radius 1 is 1.07 bits per heavy atom. The third-order valence-corrected chi connectivity index (χ3v) is 14.0. The molecule has 4 heterocycles. The smallest absolute Gasteiger partial charge is 0.253 e. The average Bonchev–Trinajstić information content (AvgIpc) is 3.53. The van der Waals surface area contributed by atoms with Gasteiger partial charge in [-0.1, -0.05) is 12.2 Å². The largest absolute Gasteiger partial charge is 0.507 e. The molecule has 4 aliphatic heterocycles. The summed E-state index contributed by atoms with van der Waals surface area (Å²) in [6, 6.07) is 2.62. The normalized spacial score (nSPS) is 28.1. The zero-order chi connectivity index (χ0) is 49.5. The molecule has 2 amide bonds. The van der Waals surface area contributed by atoms with Crippen molar-refractivity contribution < 1.29 is 64.0 Å². The van der Waals surface area contributed by atoms with E-state index in [0.717, 1.165) is 22.6 Å². The third-order valence-electron chi connectivity index (χ3n) is 14.0. The number of phenolic OH excluding ortho intramolecular Hbond substituents is 1. The predicted octanol–water partition coefficient (Wildman–Crippen LogP) is -1.55. The number of aliphatic hydroxyl groups excluding tert-OH is 4. The molecule has 6 aliphatic rings. The summed E-state index contributed by atoms with van der Waals surface area (Å²) in [6.07, 6.45) is 3.89. The molecule has 0 saturated carbocycles. The fourth-order valence-electron chi connectivity index (χ4n) is 10.4. The molecule has 0 bridgehead atoms. The van der Waals surface area contributed by atoms with E-state index in [0.29, 0.717) is 47.9 Å². The van der Waals surface area contributed by atoms with Gasteiger partial charge in [-0.3, -0.25) is 29.1 Å². The van der Waals surface area contributed by atoms with E-state index < -0.39 is 84.4 Å². The van der Waals surface area contributed by atoms with Crippen molar-refractivity contribution in [2.24, 2.45) is 39.9 Å². The molecule has 1 fully saturated rings. The summed E-state index contributed by atoms with van der Waals surface area (Å²) in [4.78, 5) is 60.5. The van der Waals surface area contributed by atoms with Crippen molar-refractivity contribution in [1.82, 2.24) is 20.9 Å². The Balaban J connectivity index is 1.16. The van der Waals surface area contributed by atoms with E-state index in [-0.39, 0.29) is 83.6 Å². The topological polar surface area (TPSA) is 347 Å². The number of benzene rings is 2. The zero-order valence-corrected chi connectivity index (χ0v) is 38.1. The number of imide groups is 1. The van der Waals surface area contributed by atoms with Gasteiger partial charge in [0.25, 0.3) is 11.8 Å². The first-order valence-electron chi connectivity index (χ1n) is 22.7. The number of phenols is 1. The third kappa shape index (κ3) is 9.09. The Bertz CT molecular complexity index is 2600. The van der Waals surface area contributed by atoms with E-state index in [1.165, 1.54) is 26.3 Å². The number of hydrogen-bond donors (Lipinski definition) is 12. The number of hydrogen-bond acceptors (Lipinski definition) is 18. The van der Waals surface area contributed by atoms with Gasteiger partial charge in [0, 0.05) is 80.3 Å². The summed E-state index contributed by atoms with van der Waals surface area (Å²) in [5.41, 5.74) is 17.8. The van der Waals surface area contributed by atoms with Gasteiger partial charge in [-0.25, -0.2) is 0 Å². The number of aliphatic imine (C=N–C) groups is 1. The highest BCUT2D eigenvalue weighted by Gasteiger charge is 2.57. The summed E-state index contributed by atoms with van der Waals surface area (Å²) in [6.45, 7) is -1.13. The number of amides is 2. The number of aliphatic hydroxyl groups is 5. The molecule has 368 valence electrons. The molecule has 0 spiro atoms. The van der Waals surface area contributed by atoms with Crippen LogP contribution in [0.3, 0.4) is 0 Å². The first-order chi connectivity index (χ1) is 33.0. The summed E-state index contributed by atoms with van der Waals surface area (Å²) in [5.74, 6) is -4.36. The molecule has 1 saturated heterocycles. The monoisotopic (exact) mass is 954 g/mol. The number of nitrogens with zero attached hydrogens (tertiary/aromatic N) is 2. The summed E-state index contributed by atoms with van der Waals surface area (Å²) < 4.78 is 17.8. The van der Waals surface area contributed by atoms with Gasteiger partial charge in [0.15, 0.2) is 11.7 Å². The van der Waals surface area contributed by atoms with Gasteiger partial charge in [0.05, 0.1) is 36.8 Å². The van der Waals surface area contributed by atoms with Gasteiger partial charge in [0.1, 0.15) is 41.2 Å². The molecule has 69 heavy (non-hydrogen) atoms. The van der Waals surface area contributed by atoms with E-state index in [2.05, 4.69) is 20.9 Å². The van der Waals surface area contributed by atoms with Crippen LogP contribution in [0, 0.1) is 17.8 Å². The Kier molecular flexibility index (Phi) is 14.0. The van der Waals surface area contributed by atoms with Crippen LogP contribution in [0.2, 0.25) is 0 Å². The minimum Gasteiger partial charge on any atom is -0.507 e. The summed E-state index contributed by atoms with van der Waals surface area (Å²) >= 11 is 0. The van der Waals surface area contributed by atoms with Gasteiger partial charge < -0.3 is 78.0 Å². The number of ketones is 2. The highest BCUT2D eigenvalue weighted by molar-refractivity contribution is 6.31. The van der Waals surface area contributed by atoms with E-state index in [9.17, 15) is 40.2 Å². The number of guanidine groups is 1.